The lowest BCUT2D eigenvalue weighted by Crippen LogP contribution is -2.35. The number of methoxy groups -OCH3 is 2. The van der Waals surface area contributed by atoms with E-state index < -0.39 is 0 Å². The summed E-state index contributed by atoms with van der Waals surface area (Å²) in [5.41, 5.74) is 0. The number of hydrogen-bond donors (Lipinski definition) is 0. The van der Waals surface area contributed by atoms with Crippen LogP contribution in [0, 0.1) is 5.92 Å². The van der Waals surface area contributed by atoms with Crippen molar-refractivity contribution in [2.45, 2.75) is 44.8 Å². The van der Waals surface area contributed by atoms with E-state index in [1.807, 2.05) is 19.1 Å². The van der Waals surface area contributed by atoms with Crippen LogP contribution in [-0.2, 0) is 19.0 Å². The van der Waals surface area contributed by atoms with Gasteiger partial charge in [-0.2, -0.15) is 0 Å². The Hall–Kier alpha value is -1.23. The van der Waals surface area contributed by atoms with Crippen LogP contribution in [0.2, 0.25) is 0 Å². The average Bonchev–Trinajstić information content (AvgIpc) is 2.53. The number of ketones is 1. The fourth-order valence-electron chi connectivity index (χ4n) is 2.14. The van der Waals surface area contributed by atoms with E-state index in [0.717, 1.165) is 19.3 Å². The molecule has 0 saturated carbocycles. The predicted molar refractivity (Wildman–Crippen MR) is 89.7 cm³/mol. The zero-order valence-electron chi connectivity index (χ0n) is 14.1. The Morgan fingerprint density at radius 1 is 1.23 bits per heavy atom. The number of allylic oxidation sites excluding steroid dienone is 3. The maximum atomic E-state index is 11.8. The third-order valence-corrected chi connectivity index (χ3v) is 3.45. The first-order valence-electron chi connectivity index (χ1n) is 7.66. The SMILES string of the molecule is C=CCCC=CC(=O)CC[C@@H](C)[C@H](OCOC)[C@H](C=C)OC. The van der Waals surface area contributed by atoms with Crippen LogP contribution in [0.3, 0.4) is 0 Å². The predicted octanol–water partition coefficient (Wildman–Crippen LogP) is 3.68. The maximum absolute atomic E-state index is 11.8. The van der Waals surface area contributed by atoms with Gasteiger partial charge < -0.3 is 14.2 Å². The summed E-state index contributed by atoms with van der Waals surface area (Å²) in [5.74, 6) is 0.289. The summed E-state index contributed by atoms with van der Waals surface area (Å²) in [6.45, 7) is 9.65. The fraction of sp³-hybridized carbons (Fsp3) is 0.611. The molecule has 0 heterocycles. The molecule has 0 amide bonds. The molecule has 0 aromatic carbocycles. The molecule has 0 aliphatic carbocycles. The van der Waals surface area contributed by atoms with Gasteiger partial charge in [-0.15, -0.1) is 13.2 Å². The summed E-state index contributed by atoms with van der Waals surface area (Å²) in [4.78, 5) is 11.8. The van der Waals surface area contributed by atoms with Gasteiger partial charge in [0.1, 0.15) is 12.9 Å². The molecule has 0 bridgehead atoms. The number of carbonyl (C=O) groups excluding carboxylic acids is 1. The standard InChI is InChI=1S/C18H30O4/c1-6-8-9-10-11-16(19)13-12-15(3)18(22-14-20-4)17(7-2)21-5/h6-7,10-11,15,17-18H,1-2,8-9,12-14H2,3-5H3/t15-,17+,18+/m1/s1. The second-order valence-corrected chi connectivity index (χ2v) is 5.22. The highest BCUT2D eigenvalue weighted by Gasteiger charge is 2.26. The minimum atomic E-state index is -0.219. The van der Waals surface area contributed by atoms with Crippen molar-refractivity contribution in [2.75, 3.05) is 21.0 Å². The summed E-state index contributed by atoms with van der Waals surface area (Å²) >= 11 is 0. The van der Waals surface area contributed by atoms with Gasteiger partial charge >= 0.3 is 0 Å². The van der Waals surface area contributed by atoms with Crippen molar-refractivity contribution in [2.24, 2.45) is 5.92 Å². The number of hydrogen-bond acceptors (Lipinski definition) is 4. The minimum absolute atomic E-state index is 0.133. The largest absolute Gasteiger partial charge is 0.375 e. The van der Waals surface area contributed by atoms with E-state index in [0.29, 0.717) is 6.42 Å². The molecule has 0 rings (SSSR count). The van der Waals surface area contributed by atoms with Gasteiger partial charge in [-0.25, -0.2) is 0 Å². The number of carbonyl (C=O) groups is 1. The molecule has 0 aliphatic rings. The van der Waals surface area contributed by atoms with Crippen molar-refractivity contribution in [1.82, 2.24) is 0 Å². The Bertz CT molecular complexity index is 349. The lowest BCUT2D eigenvalue weighted by molar-refractivity contribution is -0.129. The topological polar surface area (TPSA) is 44.8 Å². The lowest BCUT2D eigenvalue weighted by Gasteiger charge is -2.28. The Morgan fingerprint density at radius 3 is 2.50 bits per heavy atom. The van der Waals surface area contributed by atoms with Gasteiger partial charge in [-0.3, -0.25) is 4.79 Å². The lowest BCUT2D eigenvalue weighted by atomic mass is 9.93. The van der Waals surface area contributed by atoms with Crippen LogP contribution in [0.15, 0.2) is 37.5 Å². The first kappa shape index (κ1) is 20.8. The second kappa shape index (κ2) is 13.4. The Morgan fingerprint density at radius 2 is 1.95 bits per heavy atom. The molecule has 0 aliphatic heterocycles. The summed E-state index contributed by atoms with van der Waals surface area (Å²) in [5, 5.41) is 0. The molecule has 126 valence electrons. The molecule has 0 radical (unpaired) electrons. The minimum Gasteiger partial charge on any atom is -0.375 e. The fourth-order valence-corrected chi connectivity index (χ4v) is 2.14. The summed E-state index contributed by atoms with van der Waals surface area (Å²) < 4.78 is 16.0. The van der Waals surface area contributed by atoms with E-state index in [4.69, 9.17) is 14.2 Å². The molecular formula is C18H30O4. The maximum Gasteiger partial charge on any atom is 0.155 e. The molecule has 0 spiro atoms. The van der Waals surface area contributed by atoms with Gasteiger partial charge in [0.05, 0.1) is 6.10 Å². The van der Waals surface area contributed by atoms with E-state index in [2.05, 4.69) is 13.2 Å². The van der Waals surface area contributed by atoms with Crippen molar-refractivity contribution in [3.63, 3.8) is 0 Å². The molecule has 0 fully saturated rings. The molecule has 0 aromatic heterocycles. The molecule has 0 unspecified atom stereocenters. The van der Waals surface area contributed by atoms with Gasteiger partial charge in [0.25, 0.3) is 0 Å². The smallest absolute Gasteiger partial charge is 0.155 e. The van der Waals surface area contributed by atoms with Crippen LogP contribution in [0.1, 0.15) is 32.6 Å². The van der Waals surface area contributed by atoms with Crippen LogP contribution in [0.4, 0.5) is 0 Å². The molecule has 0 N–H and O–H groups in total. The van der Waals surface area contributed by atoms with Gasteiger partial charge in [0.15, 0.2) is 5.78 Å². The third-order valence-electron chi connectivity index (χ3n) is 3.45. The highest BCUT2D eigenvalue weighted by molar-refractivity contribution is 5.89. The van der Waals surface area contributed by atoms with E-state index in [9.17, 15) is 4.79 Å². The Kier molecular flexibility index (Phi) is 12.7. The van der Waals surface area contributed by atoms with E-state index in [1.165, 1.54) is 0 Å². The number of rotatable bonds is 14. The highest BCUT2D eigenvalue weighted by Crippen LogP contribution is 2.20. The van der Waals surface area contributed by atoms with Crippen molar-refractivity contribution in [3.8, 4) is 0 Å². The molecule has 4 heteroatoms. The highest BCUT2D eigenvalue weighted by atomic mass is 16.7. The molecule has 4 nitrogen and oxygen atoms in total. The Balaban J connectivity index is 4.39. The summed E-state index contributed by atoms with van der Waals surface area (Å²) in [6.07, 6.45) is 9.68. The second-order valence-electron chi connectivity index (χ2n) is 5.22. The van der Waals surface area contributed by atoms with E-state index in [1.54, 1.807) is 26.4 Å². The summed E-state index contributed by atoms with van der Waals surface area (Å²) in [6, 6.07) is 0. The zero-order valence-corrected chi connectivity index (χ0v) is 14.1. The third kappa shape index (κ3) is 8.93. The zero-order chi connectivity index (χ0) is 16.8. The molecular weight excluding hydrogens is 280 g/mol. The molecule has 0 saturated heterocycles. The quantitative estimate of drug-likeness (QED) is 0.212. The van der Waals surface area contributed by atoms with Crippen LogP contribution >= 0.6 is 0 Å². The molecule has 22 heavy (non-hydrogen) atoms. The summed E-state index contributed by atoms with van der Waals surface area (Å²) in [7, 11) is 3.20. The van der Waals surface area contributed by atoms with Gasteiger partial charge in [-0.05, 0) is 31.3 Å². The number of unbranched alkanes of at least 4 members (excludes halogenated alkanes) is 1. The first-order valence-corrected chi connectivity index (χ1v) is 7.66. The van der Waals surface area contributed by atoms with Crippen LogP contribution in [-0.4, -0.2) is 39.0 Å². The average molecular weight is 310 g/mol. The van der Waals surface area contributed by atoms with Gasteiger partial charge in [0.2, 0.25) is 0 Å². The van der Waals surface area contributed by atoms with Crippen LogP contribution in [0.5, 0.6) is 0 Å². The van der Waals surface area contributed by atoms with Crippen LogP contribution < -0.4 is 0 Å². The van der Waals surface area contributed by atoms with Gasteiger partial charge in [-0.1, -0.05) is 25.2 Å². The Labute approximate surface area is 134 Å². The van der Waals surface area contributed by atoms with Gasteiger partial charge in [0, 0.05) is 20.6 Å². The molecule has 0 aromatic rings. The van der Waals surface area contributed by atoms with Crippen LogP contribution in [0.25, 0.3) is 0 Å². The van der Waals surface area contributed by atoms with Crippen molar-refractivity contribution in [3.05, 3.63) is 37.5 Å². The van der Waals surface area contributed by atoms with E-state index in [-0.39, 0.29) is 30.7 Å². The van der Waals surface area contributed by atoms with Crippen molar-refractivity contribution < 1.29 is 19.0 Å². The van der Waals surface area contributed by atoms with Crippen molar-refractivity contribution in [1.29, 1.82) is 0 Å². The first-order chi connectivity index (χ1) is 10.6. The number of ether oxygens (including phenoxy) is 3. The normalized spacial score (nSPS) is 15.4. The van der Waals surface area contributed by atoms with E-state index >= 15 is 0 Å². The molecule has 3 atom stereocenters. The monoisotopic (exact) mass is 310 g/mol. The van der Waals surface area contributed by atoms with Crippen molar-refractivity contribution >= 4 is 5.78 Å².